The summed E-state index contributed by atoms with van der Waals surface area (Å²) in [5, 5.41) is 21.2. The number of aliphatic hydroxyl groups excluding tert-OH is 1. The van der Waals surface area contributed by atoms with Crippen LogP contribution in [0.5, 0.6) is 0 Å². The van der Waals surface area contributed by atoms with Crippen molar-refractivity contribution in [3.63, 3.8) is 0 Å². The highest BCUT2D eigenvalue weighted by Crippen LogP contribution is 2.41. The van der Waals surface area contributed by atoms with E-state index in [0.717, 1.165) is 0 Å². The van der Waals surface area contributed by atoms with Crippen LogP contribution >= 0.6 is 0 Å². The highest BCUT2D eigenvalue weighted by atomic mass is 16.7. The summed E-state index contributed by atoms with van der Waals surface area (Å²) in [5.41, 5.74) is 1.80. The van der Waals surface area contributed by atoms with Gasteiger partial charge in [0.15, 0.2) is 5.78 Å². The van der Waals surface area contributed by atoms with E-state index in [1.165, 1.54) is 19.1 Å². The van der Waals surface area contributed by atoms with Crippen molar-refractivity contribution in [3.8, 4) is 11.1 Å². The number of rotatable bonds is 8. The van der Waals surface area contributed by atoms with E-state index in [0.29, 0.717) is 29.4 Å². The van der Waals surface area contributed by atoms with Gasteiger partial charge in [0.05, 0.1) is 31.0 Å². The third-order valence-corrected chi connectivity index (χ3v) is 4.95. The van der Waals surface area contributed by atoms with Gasteiger partial charge in [0.2, 0.25) is 0 Å². The molecule has 0 saturated heterocycles. The van der Waals surface area contributed by atoms with Gasteiger partial charge in [-0.15, -0.1) is 0 Å². The molecule has 9 heteroatoms. The summed E-state index contributed by atoms with van der Waals surface area (Å²) < 4.78 is 10.1. The molecule has 0 fully saturated rings. The highest BCUT2D eigenvalue weighted by Gasteiger charge is 2.32. The van der Waals surface area contributed by atoms with Gasteiger partial charge in [-0.3, -0.25) is 14.9 Å². The topological polar surface area (TPSA) is 116 Å². The van der Waals surface area contributed by atoms with E-state index in [4.69, 9.17) is 17.3 Å². The Labute approximate surface area is 174 Å². The highest BCUT2D eigenvalue weighted by molar-refractivity contribution is 6.22. The summed E-state index contributed by atoms with van der Waals surface area (Å²) in [6.07, 6.45) is -1.77. The largest absolute Gasteiger partial charge is 0.508 e. The summed E-state index contributed by atoms with van der Waals surface area (Å²) in [6, 6.07) is 9.67. The number of carbonyl (C=O) groups excluding carboxylic acids is 2. The minimum atomic E-state index is -1.01. The van der Waals surface area contributed by atoms with Crippen molar-refractivity contribution in [1.29, 1.82) is 0 Å². The zero-order chi connectivity index (χ0) is 21.8. The predicted octanol–water partition coefficient (Wildman–Crippen LogP) is 3.75. The summed E-state index contributed by atoms with van der Waals surface area (Å²) >= 11 is 0. The van der Waals surface area contributed by atoms with Crippen molar-refractivity contribution < 1.29 is 29.1 Å². The molecule has 2 radical (unpaired) electrons. The van der Waals surface area contributed by atoms with Gasteiger partial charge in [-0.2, -0.15) is 0 Å². The van der Waals surface area contributed by atoms with Gasteiger partial charge in [0, 0.05) is 23.6 Å². The normalized spacial score (nSPS) is 13.9. The lowest BCUT2D eigenvalue weighted by molar-refractivity contribution is -0.386. The number of fused-ring (bicyclic) bond motifs is 3. The number of benzene rings is 2. The number of hydrogen-bond donors (Lipinski definition) is 1. The summed E-state index contributed by atoms with van der Waals surface area (Å²) in [7, 11) is 5.34. The van der Waals surface area contributed by atoms with Crippen molar-refractivity contribution in [1.82, 2.24) is 0 Å². The predicted molar refractivity (Wildman–Crippen MR) is 109 cm³/mol. The molecule has 2 atom stereocenters. The van der Waals surface area contributed by atoms with Gasteiger partial charge in [-0.25, -0.2) is 4.79 Å². The average Bonchev–Trinajstić information content (AvgIpc) is 2.99. The quantitative estimate of drug-likeness (QED) is 0.261. The van der Waals surface area contributed by atoms with Crippen LogP contribution in [0.2, 0.25) is 6.32 Å². The second-order valence-electron chi connectivity index (χ2n) is 6.97. The molecular formula is C21H20BNO7. The fraction of sp³-hybridized carbons (Fsp3) is 0.333. The van der Waals surface area contributed by atoms with Crippen molar-refractivity contribution in [3.05, 3.63) is 63.2 Å². The molecule has 2 aromatic carbocycles. The Hall–Kier alpha value is -3.20. The zero-order valence-corrected chi connectivity index (χ0v) is 16.4. The number of ether oxygens (including phenoxy) is 2. The SMILES string of the molecule is [B]CCC(O)CCOC(=O)OC(C)c1cc2c(cc1[N+](=O)[O-])C(=O)c1ccccc1-2. The van der Waals surface area contributed by atoms with Crippen LogP contribution < -0.4 is 0 Å². The molecule has 0 amide bonds. The first-order chi connectivity index (χ1) is 14.3. The Balaban J connectivity index is 1.79. The molecule has 2 aromatic rings. The second kappa shape index (κ2) is 9.08. The number of hydrogen-bond acceptors (Lipinski definition) is 7. The van der Waals surface area contributed by atoms with E-state index in [-0.39, 0.29) is 35.6 Å². The minimum absolute atomic E-state index is 0.0686. The Kier molecular flexibility index (Phi) is 6.51. The molecule has 0 spiro atoms. The molecule has 154 valence electrons. The minimum Gasteiger partial charge on any atom is -0.434 e. The lowest BCUT2D eigenvalue weighted by atomic mass is 9.98. The van der Waals surface area contributed by atoms with Gasteiger partial charge in [0.25, 0.3) is 5.69 Å². The molecule has 8 nitrogen and oxygen atoms in total. The van der Waals surface area contributed by atoms with Crippen LogP contribution in [-0.2, 0) is 9.47 Å². The molecule has 30 heavy (non-hydrogen) atoms. The molecular weight excluding hydrogens is 389 g/mol. The number of carbonyl (C=O) groups is 2. The van der Waals surface area contributed by atoms with Crippen LogP contribution in [0.4, 0.5) is 10.5 Å². The first-order valence-corrected chi connectivity index (χ1v) is 9.51. The Morgan fingerprint density at radius 1 is 1.17 bits per heavy atom. The first-order valence-electron chi connectivity index (χ1n) is 9.51. The Bertz CT molecular complexity index is 991. The third kappa shape index (κ3) is 4.36. The molecule has 3 rings (SSSR count). The second-order valence-corrected chi connectivity index (χ2v) is 6.97. The maximum Gasteiger partial charge on any atom is 0.508 e. The number of aliphatic hydroxyl groups is 1. The molecule has 1 N–H and O–H groups in total. The number of ketones is 1. The van der Waals surface area contributed by atoms with Crippen molar-refractivity contribution in [2.24, 2.45) is 0 Å². The van der Waals surface area contributed by atoms with Crippen LogP contribution in [0, 0.1) is 10.1 Å². The molecule has 0 aromatic heterocycles. The van der Waals surface area contributed by atoms with Crippen molar-refractivity contribution >= 4 is 25.5 Å². The van der Waals surface area contributed by atoms with Gasteiger partial charge < -0.3 is 14.6 Å². The third-order valence-electron chi connectivity index (χ3n) is 4.95. The Morgan fingerprint density at radius 3 is 2.53 bits per heavy atom. The van der Waals surface area contributed by atoms with Gasteiger partial charge in [0.1, 0.15) is 6.10 Å². The van der Waals surface area contributed by atoms with Crippen molar-refractivity contribution in [2.45, 2.75) is 38.3 Å². The van der Waals surface area contributed by atoms with E-state index >= 15 is 0 Å². The van der Waals surface area contributed by atoms with Crippen LogP contribution in [0.3, 0.4) is 0 Å². The number of nitrogens with zero attached hydrogens (tertiary/aromatic N) is 1. The van der Waals surface area contributed by atoms with E-state index < -0.39 is 23.3 Å². The lowest BCUT2D eigenvalue weighted by Crippen LogP contribution is -2.16. The average molecular weight is 409 g/mol. The lowest BCUT2D eigenvalue weighted by Gasteiger charge is -2.15. The standard InChI is InChI=1S/C21H20BNO7/c1-12(30-21(26)29-9-7-13(24)6-8-22)16-10-17-14-4-2-3-5-15(14)20(25)18(17)11-19(16)23(27)28/h2-5,10-13,24H,6-9H2,1H3. The number of nitro groups is 1. The molecule has 1 aliphatic carbocycles. The maximum absolute atomic E-state index is 12.6. The molecule has 0 saturated carbocycles. The smallest absolute Gasteiger partial charge is 0.434 e. The van der Waals surface area contributed by atoms with Crippen LogP contribution in [0.25, 0.3) is 11.1 Å². The zero-order valence-electron chi connectivity index (χ0n) is 16.4. The van der Waals surface area contributed by atoms with Crippen LogP contribution in [0.15, 0.2) is 36.4 Å². The van der Waals surface area contributed by atoms with E-state index in [1.54, 1.807) is 24.3 Å². The fourth-order valence-corrected chi connectivity index (χ4v) is 3.42. The number of nitro benzene ring substituents is 1. The summed E-state index contributed by atoms with van der Waals surface area (Å²) in [5.74, 6) is -0.278. The van der Waals surface area contributed by atoms with E-state index in [2.05, 4.69) is 0 Å². The molecule has 1 aliphatic rings. The monoisotopic (exact) mass is 409 g/mol. The van der Waals surface area contributed by atoms with Crippen LogP contribution in [-0.4, -0.2) is 42.5 Å². The van der Waals surface area contributed by atoms with E-state index in [1.807, 2.05) is 0 Å². The fourth-order valence-electron chi connectivity index (χ4n) is 3.42. The van der Waals surface area contributed by atoms with Crippen molar-refractivity contribution in [2.75, 3.05) is 6.61 Å². The van der Waals surface area contributed by atoms with Gasteiger partial charge >= 0.3 is 6.16 Å². The molecule has 0 aliphatic heterocycles. The first kappa shape index (κ1) is 21.5. The molecule has 0 heterocycles. The van der Waals surface area contributed by atoms with Gasteiger partial charge in [-0.1, -0.05) is 30.6 Å². The van der Waals surface area contributed by atoms with E-state index in [9.17, 15) is 24.8 Å². The van der Waals surface area contributed by atoms with Gasteiger partial charge in [-0.05, 0) is 30.5 Å². The molecule has 2 unspecified atom stereocenters. The summed E-state index contributed by atoms with van der Waals surface area (Å²) in [6.45, 7) is 1.42. The summed E-state index contributed by atoms with van der Waals surface area (Å²) in [4.78, 5) is 35.5. The maximum atomic E-state index is 12.6. The van der Waals surface area contributed by atoms with Crippen LogP contribution in [0.1, 0.15) is 47.4 Å². The Morgan fingerprint density at radius 2 is 1.87 bits per heavy atom. The molecule has 0 bridgehead atoms.